The van der Waals surface area contributed by atoms with Crippen molar-refractivity contribution in [1.82, 2.24) is 0 Å². The molecule has 0 amide bonds. The van der Waals surface area contributed by atoms with Crippen LogP contribution in [0.4, 0.5) is 0 Å². The van der Waals surface area contributed by atoms with Gasteiger partial charge in [-0.3, -0.25) is 0 Å². The number of esters is 1. The normalized spacial score (nSPS) is 27.0. The second kappa shape index (κ2) is 7.72. The molecule has 0 radical (unpaired) electrons. The molecule has 1 aliphatic rings. The van der Waals surface area contributed by atoms with Crippen LogP contribution in [-0.2, 0) is 9.53 Å². The summed E-state index contributed by atoms with van der Waals surface area (Å²) in [6.07, 6.45) is 10.2. The van der Waals surface area contributed by atoms with Crippen molar-refractivity contribution in [3.05, 3.63) is 12.2 Å². The Balaban J connectivity index is 2.41. The maximum absolute atomic E-state index is 11.5. The SMILES string of the molecule is C=C(C)C(=O)OCC1(CC)CCC(CCCC)CC1. The zero-order chi connectivity index (χ0) is 14.3. The quantitative estimate of drug-likeness (QED) is 0.485. The molecule has 19 heavy (non-hydrogen) atoms. The summed E-state index contributed by atoms with van der Waals surface area (Å²) in [5.41, 5.74) is 0.733. The summed E-state index contributed by atoms with van der Waals surface area (Å²) in [7, 11) is 0. The van der Waals surface area contributed by atoms with Crippen LogP contribution >= 0.6 is 0 Å². The smallest absolute Gasteiger partial charge is 0.333 e. The Hall–Kier alpha value is -0.790. The van der Waals surface area contributed by atoms with E-state index in [1.54, 1.807) is 6.92 Å². The van der Waals surface area contributed by atoms with Crippen LogP contribution in [0.2, 0.25) is 0 Å². The molecule has 1 aliphatic carbocycles. The van der Waals surface area contributed by atoms with Crippen LogP contribution < -0.4 is 0 Å². The van der Waals surface area contributed by atoms with Crippen LogP contribution in [0.15, 0.2) is 12.2 Å². The van der Waals surface area contributed by atoms with Gasteiger partial charge in [0.2, 0.25) is 0 Å². The van der Waals surface area contributed by atoms with Crippen LogP contribution in [0.5, 0.6) is 0 Å². The number of carbonyl (C=O) groups is 1. The van der Waals surface area contributed by atoms with Gasteiger partial charge < -0.3 is 4.74 Å². The van der Waals surface area contributed by atoms with Gasteiger partial charge in [0.1, 0.15) is 0 Å². The molecule has 0 saturated heterocycles. The highest BCUT2D eigenvalue weighted by Gasteiger charge is 2.34. The van der Waals surface area contributed by atoms with E-state index in [1.807, 2.05) is 0 Å². The lowest BCUT2D eigenvalue weighted by atomic mass is 9.68. The molecule has 0 N–H and O–H groups in total. The molecule has 2 heteroatoms. The predicted octanol–water partition coefficient (Wildman–Crippen LogP) is 4.88. The van der Waals surface area contributed by atoms with Gasteiger partial charge in [-0.15, -0.1) is 0 Å². The van der Waals surface area contributed by atoms with Gasteiger partial charge in [0, 0.05) is 11.0 Å². The van der Waals surface area contributed by atoms with Crippen molar-refractivity contribution in [3.8, 4) is 0 Å². The van der Waals surface area contributed by atoms with E-state index in [-0.39, 0.29) is 11.4 Å². The monoisotopic (exact) mass is 266 g/mol. The number of unbranched alkanes of at least 4 members (excludes halogenated alkanes) is 1. The third-order valence-electron chi connectivity index (χ3n) is 4.74. The lowest BCUT2D eigenvalue weighted by molar-refractivity contribution is -0.143. The summed E-state index contributed by atoms with van der Waals surface area (Å²) in [6.45, 7) is 10.4. The highest BCUT2D eigenvalue weighted by Crippen LogP contribution is 2.43. The minimum atomic E-state index is -0.235. The minimum absolute atomic E-state index is 0.230. The molecule has 0 aromatic heterocycles. The molecule has 1 fully saturated rings. The predicted molar refractivity (Wildman–Crippen MR) is 80.0 cm³/mol. The van der Waals surface area contributed by atoms with Gasteiger partial charge in [-0.1, -0.05) is 39.7 Å². The Bertz CT molecular complexity index is 298. The van der Waals surface area contributed by atoms with E-state index < -0.39 is 0 Å². The molecule has 0 atom stereocenters. The lowest BCUT2D eigenvalue weighted by Crippen LogP contribution is -2.32. The second-order valence-corrected chi connectivity index (χ2v) is 6.30. The van der Waals surface area contributed by atoms with Crippen LogP contribution in [-0.4, -0.2) is 12.6 Å². The van der Waals surface area contributed by atoms with Gasteiger partial charge in [-0.05, 0) is 44.9 Å². The zero-order valence-electron chi connectivity index (χ0n) is 13.0. The topological polar surface area (TPSA) is 26.3 Å². The summed E-state index contributed by atoms with van der Waals surface area (Å²) < 4.78 is 5.42. The van der Waals surface area contributed by atoms with E-state index in [4.69, 9.17) is 4.74 Å². The Morgan fingerprint density at radius 2 is 1.95 bits per heavy atom. The maximum Gasteiger partial charge on any atom is 0.333 e. The first-order valence-electron chi connectivity index (χ1n) is 7.85. The molecule has 2 nitrogen and oxygen atoms in total. The molecule has 0 aromatic carbocycles. The van der Waals surface area contributed by atoms with E-state index in [1.165, 1.54) is 44.9 Å². The molecule has 0 heterocycles. The molecule has 0 bridgehead atoms. The van der Waals surface area contributed by atoms with Gasteiger partial charge in [0.25, 0.3) is 0 Å². The zero-order valence-corrected chi connectivity index (χ0v) is 13.0. The van der Waals surface area contributed by atoms with Gasteiger partial charge in [-0.25, -0.2) is 4.79 Å². The van der Waals surface area contributed by atoms with Crippen molar-refractivity contribution in [2.24, 2.45) is 11.3 Å². The van der Waals surface area contributed by atoms with Gasteiger partial charge >= 0.3 is 5.97 Å². The Morgan fingerprint density at radius 1 is 1.32 bits per heavy atom. The van der Waals surface area contributed by atoms with Crippen LogP contribution in [0, 0.1) is 11.3 Å². The van der Waals surface area contributed by atoms with Crippen LogP contribution in [0.3, 0.4) is 0 Å². The van der Waals surface area contributed by atoms with Crippen LogP contribution in [0.25, 0.3) is 0 Å². The highest BCUT2D eigenvalue weighted by atomic mass is 16.5. The summed E-state index contributed by atoms with van der Waals surface area (Å²) in [5, 5.41) is 0. The standard InChI is InChI=1S/C17H30O2/c1-5-7-8-15-9-11-17(6-2,12-10-15)13-19-16(18)14(3)4/h15H,3,5-13H2,1-2,4H3. The Labute approximate surface area is 118 Å². The fourth-order valence-electron chi connectivity index (χ4n) is 3.01. The van der Waals surface area contributed by atoms with Crippen molar-refractivity contribution in [2.45, 2.75) is 72.1 Å². The Morgan fingerprint density at radius 3 is 2.42 bits per heavy atom. The molecular weight excluding hydrogens is 236 g/mol. The number of rotatable bonds is 7. The summed E-state index contributed by atoms with van der Waals surface area (Å²) in [4.78, 5) is 11.5. The van der Waals surface area contributed by atoms with E-state index in [9.17, 15) is 4.79 Å². The molecule has 110 valence electrons. The number of ether oxygens (including phenoxy) is 1. The average Bonchev–Trinajstić information content (AvgIpc) is 2.43. The second-order valence-electron chi connectivity index (χ2n) is 6.30. The Kier molecular flexibility index (Phi) is 6.60. The number of carbonyl (C=O) groups excluding carboxylic acids is 1. The van der Waals surface area contributed by atoms with E-state index in [2.05, 4.69) is 20.4 Å². The first-order chi connectivity index (χ1) is 9.03. The molecule has 1 saturated carbocycles. The van der Waals surface area contributed by atoms with Crippen molar-refractivity contribution >= 4 is 5.97 Å². The van der Waals surface area contributed by atoms with Crippen molar-refractivity contribution < 1.29 is 9.53 Å². The molecule has 0 aromatic rings. The van der Waals surface area contributed by atoms with E-state index in [0.29, 0.717) is 12.2 Å². The summed E-state index contributed by atoms with van der Waals surface area (Å²) >= 11 is 0. The minimum Gasteiger partial charge on any atom is -0.462 e. The summed E-state index contributed by atoms with van der Waals surface area (Å²) in [6, 6.07) is 0. The van der Waals surface area contributed by atoms with Gasteiger partial charge in [0.15, 0.2) is 0 Å². The molecular formula is C17H30O2. The van der Waals surface area contributed by atoms with Gasteiger partial charge in [0.05, 0.1) is 6.61 Å². The number of hydrogen-bond acceptors (Lipinski definition) is 2. The van der Waals surface area contributed by atoms with Crippen molar-refractivity contribution in [3.63, 3.8) is 0 Å². The summed E-state index contributed by atoms with van der Waals surface area (Å²) in [5.74, 6) is 0.664. The van der Waals surface area contributed by atoms with E-state index >= 15 is 0 Å². The van der Waals surface area contributed by atoms with Crippen LogP contribution in [0.1, 0.15) is 72.1 Å². The molecule has 0 spiro atoms. The number of hydrogen-bond donors (Lipinski definition) is 0. The average molecular weight is 266 g/mol. The fourth-order valence-corrected chi connectivity index (χ4v) is 3.01. The lowest BCUT2D eigenvalue weighted by Gasteiger charge is -2.39. The fraction of sp³-hybridized carbons (Fsp3) is 0.824. The first kappa shape index (κ1) is 16.3. The largest absolute Gasteiger partial charge is 0.462 e. The maximum atomic E-state index is 11.5. The molecule has 0 aliphatic heterocycles. The molecule has 0 unspecified atom stereocenters. The third-order valence-corrected chi connectivity index (χ3v) is 4.74. The van der Waals surface area contributed by atoms with Gasteiger partial charge in [-0.2, -0.15) is 0 Å². The van der Waals surface area contributed by atoms with Crippen molar-refractivity contribution in [2.75, 3.05) is 6.61 Å². The first-order valence-corrected chi connectivity index (χ1v) is 7.85. The van der Waals surface area contributed by atoms with Crippen molar-refractivity contribution in [1.29, 1.82) is 0 Å². The highest BCUT2D eigenvalue weighted by molar-refractivity contribution is 5.86. The molecule has 1 rings (SSSR count). The van der Waals surface area contributed by atoms with E-state index in [0.717, 1.165) is 12.3 Å². The third kappa shape index (κ3) is 5.00.